The van der Waals surface area contributed by atoms with Gasteiger partial charge in [-0.1, -0.05) is 12.1 Å². The maximum atomic E-state index is 13.1. The molecular formula is C24H34N2O8. The van der Waals surface area contributed by atoms with Gasteiger partial charge in [0.15, 0.2) is 5.84 Å². The highest BCUT2D eigenvalue weighted by atomic mass is 16.6. The van der Waals surface area contributed by atoms with E-state index in [2.05, 4.69) is 9.73 Å². The van der Waals surface area contributed by atoms with Crippen LogP contribution in [0.3, 0.4) is 0 Å². The van der Waals surface area contributed by atoms with Crippen molar-refractivity contribution in [1.29, 1.82) is 0 Å². The second-order valence-corrected chi connectivity index (χ2v) is 10.3. The van der Waals surface area contributed by atoms with Gasteiger partial charge in [0.1, 0.15) is 16.8 Å². The van der Waals surface area contributed by atoms with Gasteiger partial charge in [0, 0.05) is 5.56 Å². The first-order valence-corrected chi connectivity index (χ1v) is 10.6. The van der Waals surface area contributed by atoms with Crippen LogP contribution in [0.5, 0.6) is 0 Å². The molecule has 1 aromatic rings. The number of benzene rings is 1. The van der Waals surface area contributed by atoms with Crippen LogP contribution in [-0.4, -0.2) is 58.9 Å². The van der Waals surface area contributed by atoms with Crippen molar-refractivity contribution in [3.63, 3.8) is 0 Å². The van der Waals surface area contributed by atoms with Gasteiger partial charge in [0.25, 0.3) is 0 Å². The van der Waals surface area contributed by atoms with Crippen LogP contribution in [0.2, 0.25) is 0 Å². The molecule has 1 rings (SSSR count). The summed E-state index contributed by atoms with van der Waals surface area (Å²) < 4.78 is 20.7. The van der Waals surface area contributed by atoms with Gasteiger partial charge in [-0.25, -0.2) is 19.2 Å². The number of aliphatic imine (C=N–C) groups is 1. The minimum absolute atomic E-state index is 0.148. The normalized spacial score (nSPS) is 12.5. The molecule has 34 heavy (non-hydrogen) atoms. The first-order chi connectivity index (χ1) is 15.3. The molecule has 0 saturated heterocycles. The molecule has 188 valence electrons. The van der Waals surface area contributed by atoms with Crippen LogP contribution in [0.15, 0.2) is 29.3 Å². The van der Waals surface area contributed by atoms with Crippen molar-refractivity contribution in [1.82, 2.24) is 4.90 Å². The molecule has 0 unspecified atom stereocenters. The number of methoxy groups -OCH3 is 1. The summed E-state index contributed by atoms with van der Waals surface area (Å²) in [5.74, 6) is -0.984. The average Bonchev–Trinajstić information content (AvgIpc) is 2.62. The minimum Gasteiger partial charge on any atom is -0.465 e. The van der Waals surface area contributed by atoms with Crippen LogP contribution in [0.25, 0.3) is 0 Å². The van der Waals surface area contributed by atoms with E-state index in [1.54, 1.807) is 62.3 Å². The third-order valence-electron chi connectivity index (χ3n) is 3.52. The third kappa shape index (κ3) is 9.60. The van der Waals surface area contributed by atoms with Crippen LogP contribution < -0.4 is 0 Å². The number of nitrogens with zero attached hydrogens (tertiary/aromatic N) is 2. The molecule has 10 heteroatoms. The molecule has 0 aromatic heterocycles. The molecule has 0 aliphatic heterocycles. The molecule has 1 aromatic carbocycles. The Hall–Kier alpha value is -3.43. The SMILES string of the molecule is COC(=O)c1ccc(/C(=N\C(=O)OC(C)(C)C)N(C(=O)OC(C)(C)C)C(=O)OC(C)(C)C)cc1. The highest BCUT2D eigenvalue weighted by molar-refractivity contribution is 6.18. The van der Waals surface area contributed by atoms with Gasteiger partial charge < -0.3 is 18.9 Å². The topological polar surface area (TPSA) is 121 Å². The van der Waals surface area contributed by atoms with Crippen molar-refractivity contribution in [2.24, 2.45) is 4.99 Å². The maximum Gasteiger partial charge on any atom is 0.436 e. The number of amides is 3. The second kappa shape index (κ2) is 10.7. The number of ether oxygens (including phenoxy) is 4. The Bertz CT molecular complexity index is 917. The molecule has 10 nitrogen and oxygen atoms in total. The Balaban J connectivity index is 3.69. The van der Waals surface area contributed by atoms with Crippen molar-refractivity contribution in [3.8, 4) is 0 Å². The summed E-state index contributed by atoms with van der Waals surface area (Å²) in [6, 6.07) is 5.59. The lowest BCUT2D eigenvalue weighted by molar-refractivity contribution is 0.0147. The van der Waals surface area contributed by atoms with E-state index < -0.39 is 46.9 Å². The molecule has 0 radical (unpaired) electrons. The Kier molecular flexibility index (Phi) is 8.97. The minimum atomic E-state index is -1.11. The molecule has 3 amide bonds. The van der Waals surface area contributed by atoms with E-state index in [1.165, 1.54) is 31.4 Å². The van der Waals surface area contributed by atoms with E-state index in [0.29, 0.717) is 4.90 Å². The third-order valence-corrected chi connectivity index (χ3v) is 3.52. The lowest BCUT2D eigenvalue weighted by Crippen LogP contribution is -2.47. The second-order valence-electron chi connectivity index (χ2n) is 10.3. The van der Waals surface area contributed by atoms with E-state index >= 15 is 0 Å². The van der Waals surface area contributed by atoms with Crippen LogP contribution in [0, 0.1) is 0 Å². The van der Waals surface area contributed by atoms with Gasteiger partial charge in [0.05, 0.1) is 12.7 Å². The number of hydrogen-bond acceptors (Lipinski definition) is 8. The summed E-state index contributed by atoms with van der Waals surface area (Å²) in [5, 5.41) is 0. The Morgan fingerprint density at radius 3 is 1.41 bits per heavy atom. The Morgan fingerprint density at radius 1 is 0.676 bits per heavy atom. The fraction of sp³-hybridized carbons (Fsp3) is 0.542. The molecule has 0 aliphatic carbocycles. The van der Waals surface area contributed by atoms with E-state index in [-0.39, 0.29) is 11.1 Å². The van der Waals surface area contributed by atoms with Crippen molar-refractivity contribution in [3.05, 3.63) is 35.4 Å². The number of esters is 1. The summed E-state index contributed by atoms with van der Waals surface area (Å²) in [6.07, 6.45) is -3.26. The van der Waals surface area contributed by atoms with Crippen molar-refractivity contribution in [2.45, 2.75) is 79.1 Å². The summed E-state index contributed by atoms with van der Waals surface area (Å²) in [7, 11) is 1.23. The zero-order valence-corrected chi connectivity index (χ0v) is 21.5. The van der Waals surface area contributed by atoms with Gasteiger partial charge in [-0.2, -0.15) is 9.89 Å². The summed E-state index contributed by atoms with van der Waals surface area (Å²) in [6.45, 7) is 14.6. The molecule has 0 atom stereocenters. The molecule has 0 aliphatic rings. The fourth-order valence-electron chi connectivity index (χ4n) is 2.35. The van der Waals surface area contributed by atoms with E-state index in [1.807, 2.05) is 0 Å². The first kappa shape index (κ1) is 28.6. The zero-order valence-electron chi connectivity index (χ0n) is 21.5. The van der Waals surface area contributed by atoms with Crippen LogP contribution in [-0.2, 0) is 18.9 Å². The van der Waals surface area contributed by atoms with E-state index in [4.69, 9.17) is 14.2 Å². The van der Waals surface area contributed by atoms with Crippen molar-refractivity contribution < 1.29 is 38.1 Å². The molecular weight excluding hydrogens is 444 g/mol. The van der Waals surface area contributed by atoms with Gasteiger partial charge in [-0.3, -0.25) is 0 Å². The number of amidine groups is 1. The summed E-state index contributed by atoms with van der Waals surface area (Å²) >= 11 is 0. The summed E-state index contributed by atoms with van der Waals surface area (Å²) in [5.41, 5.74) is -2.46. The van der Waals surface area contributed by atoms with Crippen molar-refractivity contribution >= 4 is 30.1 Å². The maximum absolute atomic E-state index is 13.1. The molecule has 0 bridgehead atoms. The number of hydrogen-bond donors (Lipinski definition) is 0. The van der Waals surface area contributed by atoms with Crippen LogP contribution in [0.1, 0.15) is 78.2 Å². The monoisotopic (exact) mass is 478 g/mol. The summed E-state index contributed by atoms with van der Waals surface area (Å²) in [4.78, 5) is 55.0. The largest absolute Gasteiger partial charge is 0.465 e. The number of carbonyl (C=O) groups is 4. The zero-order chi connectivity index (χ0) is 26.5. The molecule has 0 heterocycles. The van der Waals surface area contributed by atoms with Crippen molar-refractivity contribution in [2.75, 3.05) is 7.11 Å². The fourth-order valence-corrected chi connectivity index (χ4v) is 2.35. The van der Waals surface area contributed by atoms with Gasteiger partial charge in [-0.05, 0) is 74.4 Å². The predicted octanol–water partition coefficient (Wildman–Crippen LogP) is 5.33. The lowest BCUT2D eigenvalue weighted by atomic mass is 10.1. The van der Waals surface area contributed by atoms with Crippen LogP contribution in [0.4, 0.5) is 14.4 Å². The standard InChI is InChI=1S/C24H34N2O8/c1-22(2,3)32-19(28)25-17(15-11-13-16(14-12-15)18(27)31-10)26(20(29)33-23(4,5)6)21(30)34-24(7,8)9/h11-14H,1-10H3/b25-17+. The number of imide groups is 1. The molecule has 0 N–H and O–H groups in total. The van der Waals surface area contributed by atoms with E-state index in [9.17, 15) is 19.2 Å². The average molecular weight is 479 g/mol. The lowest BCUT2D eigenvalue weighted by Gasteiger charge is -2.29. The smallest absolute Gasteiger partial charge is 0.436 e. The Morgan fingerprint density at radius 2 is 1.06 bits per heavy atom. The highest BCUT2D eigenvalue weighted by Crippen LogP contribution is 2.19. The Labute approximate surface area is 200 Å². The van der Waals surface area contributed by atoms with Gasteiger partial charge >= 0.3 is 24.2 Å². The molecule has 0 fully saturated rings. The quantitative estimate of drug-likeness (QED) is 0.242. The highest BCUT2D eigenvalue weighted by Gasteiger charge is 2.36. The number of rotatable bonds is 2. The van der Waals surface area contributed by atoms with Gasteiger partial charge in [-0.15, -0.1) is 0 Å². The van der Waals surface area contributed by atoms with Gasteiger partial charge in [0.2, 0.25) is 0 Å². The molecule has 0 saturated carbocycles. The first-order valence-electron chi connectivity index (χ1n) is 10.6. The molecule has 0 spiro atoms. The van der Waals surface area contributed by atoms with E-state index in [0.717, 1.165) is 0 Å². The van der Waals surface area contributed by atoms with Crippen LogP contribution >= 0.6 is 0 Å². The predicted molar refractivity (Wildman–Crippen MR) is 125 cm³/mol. The number of carbonyl (C=O) groups excluding carboxylic acids is 4.